The fourth-order valence-corrected chi connectivity index (χ4v) is 3.69. The zero-order valence-corrected chi connectivity index (χ0v) is 17.4. The van der Waals surface area contributed by atoms with E-state index in [9.17, 15) is 9.90 Å². The lowest BCUT2D eigenvalue weighted by atomic mass is 10.1. The molecule has 154 valence electrons. The van der Waals surface area contributed by atoms with Crippen molar-refractivity contribution in [3.63, 3.8) is 0 Å². The summed E-state index contributed by atoms with van der Waals surface area (Å²) in [6.07, 6.45) is 4.52. The van der Waals surface area contributed by atoms with Gasteiger partial charge in [-0.2, -0.15) is 0 Å². The summed E-state index contributed by atoms with van der Waals surface area (Å²) in [6.45, 7) is 3.50. The van der Waals surface area contributed by atoms with Gasteiger partial charge in [0.25, 0.3) is 5.91 Å². The van der Waals surface area contributed by atoms with Crippen LogP contribution in [0.15, 0.2) is 54.9 Å². The molecule has 1 saturated heterocycles. The number of nitrogens with one attached hydrogen (secondary N) is 1. The molecule has 4 rings (SSSR count). The predicted molar refractivity (Wildman–Crippen MR) is 119 cm³/mol. The Labute approximate surface area is 180 Å². The van der Waals surface area contributed by atoms with E-state index in [-0.39, 0.29) is 12.0 Å². The van der Waals surface area contributed by atoms with E-state index in [2.05, 4.69) is 20.2 Å². The molecule has 2 aromatic heterocycles. The van der Waals surface area contributed by atoms with Gasteiger partial charge in [-0.1, -0.05) is 29.3 Å². The summed E-state index contributed by atoms with van der Waals surface area (Å²) in [4.78, 5) is 23.4. The minimum Gasteiger partial charge on any atom is -0.393 e. The molecule has 6 nitrogen and oxygen atoms in total. The number of carbonyl (C=O) groups is 1. The lowest BCUT2D eigenvalue weighted by Gasteiger charge is -2.30. The number of carbonyl (C=O) groups excluding carboxylic acids is 1. The van der Waals surface area contributed by atoms with Crippen LogP contribution in [0.5, 0.6) is 0 Å². The van der Waals surface area contributed by atoms with Crippen LogP contribution in [-0.4, -0.2) is 40.2 Å². The normalized spacial score (nSPS) is 14.6. The first-order valence-electron chi connectivity index (χ1n) is 9.92. The lowest BCUT2D eigenvalue weighted by molar-refractivity contribution is 0.102. The third-order valence-electron chi connectivity index (χ3n) is 5.26. The Kier molecular flexibility index (Phi) is 5.97. The van der Waals surface area contributed by atoms with E-state index >= 15 is 0 Å². The molecular formula is C23H23ClN4O2. The van der Waals surface area contributed by atoms with Crippen LogP contribution in [0.2, 0.25) is 5.02 Å². The first kappa shape index (κ1) is 20.3. The van der Waals surface area contributed by atoms with Crippen LogP contribution in [0.25, 0.3) is 11.1 Å². The van der Waals surface area contributed by atoms with Crippen LogP contribution >= 0.6 is 11.6 Å². The van der Waals surface area contributed by atoms with Crippen molar-refractivity contribution in [2.45, 2.75) is 25.9 Å². The smallest absolute Gasteiger partial charge is 0.256 e. The lowest BCUT2D eigenvalue weighted by Crippen LogP contribution is -2.36. The minimum atomic E-state index is -0.237. The summed E-state index contributed by atoms with van der Waals surface area (Å²) in [7, 11) is 0. The second-order valence-corrected chi connectivity index (χ2v) is 7.90. The van der Waals surface area contributed by atoms with Crippen LogP contribution in [0.3, 0.4) is 0 Å². The average molecular weight is 423 g/mol. The molecule has 0 radical (unpaired) electrons. The number of aliphatic hydroxyl groups excluding tert-OH is 1. The molecule has 1 fully saturated rings. The number of piperidine rings is 1. The largest absolute Gasteiger partial charge is 0.393 e. The number of hydrogen-bond acceptors (Lipinski definition) is 5. The van der Waals surface area contributed by atoms with Gasteiger partial charge in [0, 0.05) is 36.6 Å². The fourth-order valence-electron chi connectivity index (χ4n) is 3.48. The Morgan fingerprint density at radius 1 is 1.13 bits per heavy atom. The summed E-state index contributed by atoms with van der Waals surface area (Å²) in [6, 6.07) is 13.0. The number of benzene rings is 1. The van der Waals surface area contributed by atoms with Crippen molar-refractivity contribution >= 4 is 29.1 Å². The number of aromatic nitrogens is 2. The Balaban J connectivity index is 1.57. The minimum absolute atomic E-state index is 0.224. The first-order valence-corrected chi connectivity index (χ1v) is 10.3. The van der Waals surface area contributed by atoms with Crippen LogP contribution in [0.4, 0.5) is 11.6 Å². The van der Waals surface area contributed by atoms with Gasteiger partial charge in [-0.05, 0) is 55.7 Å². The Bertz CT molecular complexity index is 1050. The average Bonchev–Trinajstić information content (AvgIpc) is 2.76. The molecule has 1 aliphatic rings. The number of hydrogen-bond donors (Lipinski definition) is 2. The van der Waals surface area contributed by atoms with E-state index in [0.717, 1.165) is 48.4 Å². The maximum atomic E-state index is 12.5. The third-order valence-corrected chi connectivity index (χ3v) is 5.56. The maximum Gasteiger partial charge on any atom is 0.256 e. The van der Waals surface area contributed by atoms with Gasteiger partial charge in [0.15, 0.2) is 0 Å². The van der Waals surface area contributed by atoms with Crippen LogP contribution in [-0.2, 0) is 0 Å². The predicted octanol–water partition coefficient (Wildman–Crippen LogP) is 4.32. The van der Waals surface area contributed by atoms with E-state index < -0.39 is 0 Å². The van der Waals surface area contributed by atoms with Crippen LogP contribution < -0.4 is 10.2 Å². The molecule has 0 bridgehead atoms. The van der Waals surface area contributed by atoms with Gasteiger partial charge in [0.05, 0.1) is 11.1 Å². The molecular weight excluding hydrogens is 400 g/mol. The van der Waals surface area contributed by atoms with Crippen LogP contribution in [0.1, 0.15) is 28.8 Å². The molecule has 0 atom stereocenters. The van der Waals surface area contributed by atoms with E-state index in [1.807, 2.05) is 31.2 Å². The van der Waals surface area contributed by atoms with Crippen molar-refractivity contribution in [3.05, 3.63) is 71.0 Å². The number of aliphatic hydroxyl groups is 1. The molecule has 3 aromatic rings. The standard InChI is InChI=1S/C23H23ClN4O2/c1-15-2-4-16(5-3-15)23(30)27-21-13-19(20(24)14-26-21)17-6-9-25-22(12-17)28-10-7-18(29)8-11-28/h2-6,9,12-14,18,29H,7-8,10-11H2,1H3,(H,26,27,30). The van der Waals surface area contributed by atoms with Crippen molar-refractivity contribution in [1.29, 1.82) is 0 Å². The van der Waals surface area contributed by atoms with Crippen LogP contribution in [0, 0.1) is 6.92 Å². The van der Waals surface area contributed by atoms with E-state index in [4.69, 9.17) is 11.6 Å². The quantitative estimate of drug-likeness (QED) is 0.654. The SMILES string of the molecule is Cc1ccc(C(=O)Nc2cc(-c3ccnc(N4CCC(O)CC4)c3)c(Cl)cn2)cc1. The molecule has 0 unspecified atom stereocenters. The topological polar surface area (TPSA) is 78.4 Å². The highest BCUT2D eigenvalue weighted by atomic mass is 35.5. The zero-order valence-electron chi connectivity index (χ0n) is 16.7. The number of amides is 1. The molecule has 1 aliphatic heterocycles. The number of halogens is 1. The van der Waals surface area contributed by atoms with Crippen molar-refractivity contribution in [1.82, 2.24) is 9.97 Å². The second kappa shape index (κ2) is 8.81. The third kappa shape index (κ3) is 4.61. The Morgan fingerprint density at radius 2 is 1.87 bits per heavy atom. The first-order chi connectivity index (χ1) is 14.5. The number of anilines is 2. The molecule has 2 N–H and O–H groups in total. The molecule has 30 heavy (non-hydrogen) atoms. The van der Waals surface area contributed by atoms with Gasteiger partial charge in [0.2, 0.25) is 0 Å². The van der Waals surface area contributed by atoms with Gasteiger partial charge in [0.1, 0.15) is 11.6 Å². The van der Waals surface area contributed by atoms with Crippen molar-refractivity contribution in [2.24, 2.45) is 0 Å². The maximum absolute atomic E-state index is 12.5. The summed E-state index contributed by atoms with van der Waals surface area (Å²) in [5.74, 6) is 1.05. The molecule has 0 spiro atoms. The number of aryl methyl sites for hydroxylation is 1. The highest BCUT2D eigenvalue weighted by Gasteiger charge is 2.19. The molecule has 1 amide bonds. The van der Waals surface area contributed by atoms with Gasteiger partial charge in [-0.3, -0.25) is 4.79 Å². The van der Waals surface area contributed by atoms with Gasteiger partial charge in [-0.15, -0.1) is 0 Å². The van der Waals surface area contributed by atoms with Gasteiger partial charge < -0.3 is 15.3 Å². The van der Waals surface area contributed by atoms with Crippen molar-refractivity contribution in [3.8, 4) is 11.1 Å². The fraction of sp³-hybridized carbons (Fsp3) is 0.261. The van der Waals surface area contributed by atoms with E-state index in [1.54, 1.807) is 30.6 Å². The molecule has 7 heteroatoms. The highest BCUT2D eigenvalue weighted by molar-refractivity contribution is 6.33. The summed E-state index contributed by atoms with van der Waals surface area (Å²) in [5.41, 5.74) is 3.32. The summed E-state index contributed by atoms with van der Waals surface area (Å²) >= 11 is 6.42. The Hall–Kier alpha value is -2.96. The number of nitrogens with zero attached hydrogens (tertiary/aromatic N) is 3. The molecule has 1 aromatic carbocycles. The van der Waals surface area contributed by atoms with E-state index in [1.165, 1.54) is 0 Å². The highest BCUT2D eigenvalue weighted by Crippen LogP contribution is 2.31. The van der Waals surface area contributed by atoms with Crippen molar-refractivity contribution < 1.29 is 9.90 Å². The second-order valence-electron chi connectivity index (χ2n) is 7.49. The van der Waals surface area contributed by atoms with Gasteiger partial charge >= 0.3 is 0 Å². The van der Waals surface area contributed by atoms with Gasteiger partial charge in [-0.25, -0.2) is 9.97 Å². The number of rotatable bonds is 4. The number of pyridine rings is 2. The van der Waals surface area contributed by atoms with E-state index in [0.29, 0.717) is 16.4 Å². The monoisotopic (exact) mass is 422 g/mol. The summed E-state index contributed by atoms with van der Waals surface area (Å²) in [5, 5.41) is 13.1. The van der Waals surface area contributed by atoms with Crippen molar-refractivity contribution in [2.75, 3.05) is 23.3 Å². The summed E-state index contributed by atoms with van der Waals surface area (Å²) < 4.78 is 0. The molecule has 3 heterocycles. The molecule has 0 saturated carbocycles. The molecule has 0 aliphatic carbocycles. The zero-order chi connectivity index (χ0) is 21.1. The Morgan fingerprint density at radius 3 is 2.60 bits per heavy atom.